The van der Waals surface area contributed by atoms with Crippen molar-refractivity contribution < 1.29 is 34.0 Å². The molecule has 0 heterocycles. The molecule has 2 aromatic rings. The number of benzene rings is 2. The number of halogens is 2. The predicted octanol–water partition coefficient (Wildman–Crippen LogP) is 3.76. The first-order valence-corrected chi connectivity index (χ1v) is 10.0. The Morgan fingerprint density at radius 2 is 1.83 bits per heavy atom. The van der Waals surface area contributed by atoms with Gasteiger partial charge in [-0.25, -0.2) is 4.39 Å². The zero-order valence-corrected chi connectivity index (χ0v) is 17.4. The van der Waals surface area contributed by atoms with Crippen LogP contribution in [0.25, 0.3) is 0 Å². The normalized spacial score (nSPS) is 13.0. The van der Waals surface area contributed by atoms with Crippen molar-refractivity contribution in [1.82, 2.24) is 0 Å². The molecule has 3 N–H and O–H groups in total. The lowest BCUT2D eigenvalue weighted by molar-refractivity contribution is -0.139. The topological polar surface area (TPSA) is 96.2 Å². The van der Waals surface area contributed by atoms with E-state index in [9.17, 15) is 19.4 Å². The second kappa shape index (κ2) is 11.7. The molecule has 0 aliphatic heterocycles. The lowest BCUT2D eigenvalue weighted by Gasteiger charge is -2.19. The summed E-state index contributed by atoms with van der Waals surface area (Å²) in [4.78, 5) is 10.6. The summed E-state index contributed by atoms with van der Waals surface area (Å²) in [5.41, 5.74) is 1.65. The number of aliphatic carboxylic acids is 1. The van der Waals surface area contributed by atoms with Gasteiger partial charge in [0.1, 0.15) is 23.9 Å². The SMILES string of the molecule is Cc1cc(Cl)cc(CCCOc2ccc(F)cc2)c1OCC(O)C[C@@H](O)CC(=O)O. The third-order valence-corrected chi connectivity index (χ3v) is 4.58. The fourth-order valence-corrected chi connectivity index (χ4v) is 3.32. The van der Waals surface area contributed by atoms with E-state index in [1.807, 2.05) is 6.92 Å². The van der Waals surface area contributed by atoms with Gasteiger partial charge in [0.2, 0.25) is 0 Å². The number of ether oxygens (including phenoxy) is 2. The van der Waals surface area contributed by atoms with E-state index in [1.54, 1.807) is 24.3 Å². The molecule has 6 nitrogen and oxygen atoms in total. The van der Waals surface area contributed by atoms with Crippen LogP contribution >= 0.6 is 11.6 Å². The average molecular weight is 441 g/mol. The van der Waals surface area contributed by atoms with Crippen LogP contribution in [0.4, 0.5) is 4.39 Å². The smallest absolute Gasteiger partial charge is 0.305 e. The number of aliphatic hydroxyl groups is 2. The first kappa shape index (κ1) is 23.9. The highest BCUT2D eigenvalue weighted by atomic mass is 35.5. The minimum Gasteiger partial charge on any atom is -0.494 e. The number of aryl methyl sites for hydroxylation is 2. The lowest BCUT2D eigenvalue weighted by atomic mass is 10.0. The molecular formula is C22H26ClFO6. The molecule has 0 radical (unpaired) electrons. The van der Waals surface area contributed by atoms with Crippen LogP contribution in [0.3, 0.4) is 0 Å². The molecule has 0 saturated heterocycles. The molecule has 0 spiro atoms. The molecule has 1 unspecified atom stereocenters. The number of hydrogen-bond acceptors (Lipinski definition) is 5. The van der Waals surface area contributed by atoms with Crippen molar-refractivity contribution in [1.29, 1.82) is 0 Å². The largest absolute Gasteiger partial charge is 0.494 e. The average Bonchev–Trinajstić information content (AvgIpc) is 2.65. The van der Waals surface area contributed by atoms with E-state index in [0.29, 0.717) is 36.0 Å². The van der Waals surface area contributed by atoms with Crippen molar-refractivity contribution in [3.8, 4) is 11.5 Å². The molecular weight excluding hydrogens is 415 g/mol. The van der Waals surface area contributed by atoms with Gasteiger partial charge in [0.25, 0.3) is 0 Å². The van der Waals surface area contributed by atoms with Crippen molar-refractivity contribution in [2.24, 2.45) is 0 Å². The zero-order valence-electron chi connectivity index (χ0n) is 16.7. The fraction of sp³-hybridized carbons (Fsp3) is 0.409. The van der Waals surface area contributed by atoms with Gasteiger partial charge in [-0.3, -0.25) is 4.79 Å². The number of carbonyl (C=O) groups is 1. The van der Waals surface area contributed by atoms with Crippen LogP contribution in [0, 0.1) is 12.7 Å². The monoisotopic (exact) mass is 440 g/mol. The summed E-state index contributed by atoms with van der Waals surface area (Å²) in [6, 6.07) is 9.33. The molecule has 0 saturated carbocycles. The Balaban J connectivity index is 1.90. The quantitative estimate of drug-likeness (QED) is 0.435. The molecule has 0 aliphatic rings. The third-order valence-electron chi connectivity index (χ3n) is 4.36. The van der Waals surface area contributed by atoms with Gasteiger partial charge in [-0.2, -0.15) is 0 Å². The summed E-state index contributed by atoms with van der Waals surface area (Å²) in [7, 11) is 0. The minimum atomic E-state index is -1.14. The predicted molar refractivity (Wildman–Crippen MR) is 111 cm³/mol. The highest BCUT2D eigenvalue weighted by Gasteiger charge is 2.17. The molecule has 30 heavy (non-hydrogen) atoms. The number of carboxylic acids is 1. The molecule has 0 bridgehead atoms. The van der Waals surface area contributed by atoms with Crippen molar-refractivity contribution in [3.63, 3.8) is 0 Å². The van der Waals surface area contributed by atoms with Gasteiger partial charge in [0, 0.05) is 11.4 Å². The number of aliphatic hydroxyl groups excluding tert-OH is 2. The van der Waals surface area contributed by atoms with Crippen LogP contribution in [0.1, 0.15) is 30.4 Å². The number of hydrogen-bond donors (Lipinski definition) is 3. The Morgan fingerprint density at radius 1 is 1.13 bits per heavy atom. The summed E-state index contributed by atoms with van der Waals surface area (Å²) >= 11 is 6.17. The first-order chi connectivity index (χ1) is 14.2. The van der Waals surface area contributed by atoms with Gasteiger partial charge in [-0.15, -0.1) is 0 Å². The molecule has 8 heteroatoms. The Morgan fingerprint density at radius 3 is 2.50 bits per heavy atom. The van der Waals surface area contributed by atoms with Crippen LogP contribution in [-0.2, 0) is 11.2 Å². The highest BCUT2D eigenvalue weighted by Crippen LogP contribution is 2.29. The molecule has 0 fully saturated rings. The maximum absolute atomic E-state index is 12.9. The van der Waals surface area contributed by atoms with Crippen molar-refractivity contribution in [2.45, 2.75) is 44.8 Å². The van der Waals surface area contributed by atoms with Gasteiger partial charge in [0.15, 0.2) is 0 Å². The van der Waals surface area contributed by atoms with E-state index in [1.165, 1.54) is 12.1 Å². The second-order valence-electron chi connectivity index (χ2n) is 7.07. The summed E-state index contributed by atoms with van der Waals surface area (Å²) in [6.45, 7) is 2.17. The second-order valence-corrected chi connectivity index (χ2v) is 7.51. The summed E-state index contributed by atoms with van der Waals surface area (Å²) in [5.74, 6) is -0.281. The van der Waals surface area contributed by atoms with Gasteiger partial charge >= 0.3 is 5.97 Å². The highest BCUT2D eigenvalue weighted by molar-refractivity contribution is 6.30. The molecule has 0 aliphatic carbocycles. The van der Waals surface area contributed by atoms with Gasteiger partial charge in [0.05, 0.1) is 25.2 Å². The Labute approximate surface area is 179 Å². The summed E-state index contributed by atoms with van der Waals surface area (Å²) in [5, 5.41) is 28.9. The van der Waals surface area contributed by atoms with Crippen molar-refractivity contribution >= 4 is 17.6 Å². The van der Waals surface area contributed by atoms with Crippen LogP contribution in [0.2, 0.25) is 5.02 Å². The third kappa shape index (κ3) is 8.18. The maximum atomic E-state index is 12.9. The van der Waals surface area contributed by atoms with E-state index >= 15 is 0 Å². The Kier molecular flexibility index (Phi) is 9.36. The molecule has 0 amide bonds. The van der Waals surface area contributed by atoms with Gasteiger partial charge < -0.3 is 24.8 Å². The maximum Gasteiger partial charge on any atom is 0.305 e. The lowest BCUT2D eigenvalue weighted by Crippen LogP contribution is -2.25. The molecule has 0 aromatic heterocycles. The summed E-state index contributed by atoms with van der Waals surface area (Å²) < 4.78 is 24.3. The van der Waals surface area contributed by atoms with Crippen LogP contribution in [0.15, 0.2) is 36.4 Å². The van der Waals surface area contributed by atoms with E-state index in [2.05, 4.69) is 0 Å². The Hall–Kier alpha value is -2.35. The Bertz CT molecular complexity index is 827. The first-order valence-electron chi connectivity index (χ1n) is 9.62. The molecule has 2 rings (SSSR count). The van der Waals surface area contributed by atoms with Gasteiger partial charge in [-0.1, -0.05) is 11.6 Å². The number of rotatable bonds is 12. The van der Waals surface area contributed by atoms with E-state index in [-0.39, 0.29) is 18.8 Å². The van der Waals surface area contributed by atoms with Crippen LogP contribution in [-0.4, -0.2) is 46.7 Å². The number of carboxylic acid groups (broad SMARTS) is 1. The van der Waals surface area contributed by atoms with Gasteiger partial charge in [-0.05, 0) is 67.3 Å². The van der Waals surface area contributed by atoms with Crippen molar-refractivity contribution in [3.05, 3.63) is 58.4 Å². The van der Waals surface area contributed by atoms with E-state index < -0.39 is 24.6 Å². The van der Waals surface area contributed by atoms with Crippen molar-refractivity contribution in [2.75, 3.05) is 13.2 Å². The zero-order chi connectivity index (χ0) is 22.1. The standard InChI is InChI=1S/C22H26ClFO6/c1-14-9-16(23)10-15(3-2-8-29-20-6-4-17(24)5-7-20)22(14)30-13-19(26)11-18(25)12-21(27)28/h4-7,9-10,18-19,25-26H,2-3,8,11-13H2,1H3,(H,27,28)/t18-,19?/m1/s1. The summed E-state index contributed by atoms with van der Waals surface area (Å²) in [6.07, 6.45) is -1.42. The molecule has 2 atom stereocenters. The minimum absolute atomic E-state index is 0.0851. The van der Waals surface area contributed by atoms with E-state index in [0.717, 1.165) is 11.1 Å². The van der Waals surface area contributed by atoms with Crippen LogP contribution in [0.5, 0.6) is 11.5 Å². The van der Waals surface area contributed by atoms with Crippen LogP contribution < -0.4 is 9.47 Å². The van der Waals surface area contributed by atoms with E-state index in [4.69, 9.17) is 26.2 Å². The fourth-order valence-electron chi connectivity index (χ4n) is 3.02. The molecule has 2 aromatic carbocycles. The molecule has 164 valence electrons.